The molecule has 0 spiro atoms. The van der Waals surface area contributed by atoms with Crippen LogP contribution in [-0.2, 0) is 9.59 Å². The lowest BCUT2D eigenvalue weighted by atomic mass is 10.2. The van der Waals surface area contributed by atoms with E-state index in [0.29, 0.717) is 5.69 Å². The third kappa shape index (κ3) is 6.67. The largest absolute Gasteiger partial charge is 0.573 e. The van der Waals surface area contributed by atoms with Crippen molar-refractivity contribution in [1.29, 1.82) is 0 Å². The number of halogens is 4. The lowest BCUT2D eigenvalue weighted by molar-refractivity contribution is -0.274. The molecule has 0 fully saturated rings. The summed E-state index contributed by atoms with van der Waals surface area (Å²) >= 11 is 6.00. The van der Waals surface area contributed by atoms with Crippen LogP contribution in [0.1, 0.15) is 12.5 Å². The first-order chi connectivity index (χ1) is 12.6. The Hall–Kier alpha value is -3.00. The Morgan fingerprint density at radius 2 is 1.81 bits per heavy atom. The number of carbonyl (C=O) groups excluding carboxylic acids is 2. The summed E-state index contributed by atoms with van der Waals surface area (Å²) in [5.41, 5.74) is 0.732. The minimum Gasteiger partial charge on any atom is -0.405 e. The van der Waals surface area contributed by atoms with Gasteiger partial charge in [0.25, 0.3) is 0 Å². The summed E-state index contributed by atoms with van der Waals surface area (Å²) in [6, 6.07) is 9.89. The average molecular weight is 399 g/mol. The molecule has 0 bridgehead atoms. The van der Waals surface area contributed by atoms with Crippen LogP contribution in [0.5, 0.6) is 5.75 Å². The lowest BCUT2D eigenvalue weighted by Crippen LogP contribution is -2.17. The number of ether oxygens (including phenoxy) is 1. The molecule has 0 saturated heterocycles. The van der Waals surface area contributed by atoms with Crippen LogP contribution in [-0.4, -0.2) is 18.2 Å². The quantitative estimate of drug-likeness (QED) is 0.707. The van der Waals surface area contributed by atoms with E-state index in [4.69, 9.17) is 11.6 Å². The van der Waals surface area contributed by atoms with E-state index in [1.807, 2.05) is 0 Å². The van der Waals surface area contributed by atoms with Gasteiger partial charge in [-0.3, -0.25) is 9.59 Å². The van der Waals surface area contributed by atoms with E-state index >= 15 is 0 Å². The van der Waals surface area contributed by atoms with E-state index in [-0.39, 0.29) is 22.2 Å². The van der Waals surface area contributed by atoms with E-state index in [0.717, 1.165) is 12.1 Å². The first kappa shape index (κ1) is 20.3. The van der Waals surface area contributed by atoms with Gasteiger partial charge in [0.05, 0.1) is 10.7 Å². The van der Waals surface area contributed by atoms with Crippen LogP contribution >= 0.6 is 11.6 Å². The van der Waals surface area contributed by atoms with Gasteiger partial charge in [-0.05, 0) is 30.3 Å². The molecule has 0 saturated carbocycles. The zero-order valence-electron chi connectivity index (χ0n) is 13.9. The molecule has 0 unspecified atom stereocenters. The third-order valence-electron chi connectivity index (χ3n) is 3.10. The summed E-state index contributed by atoms with van der Waals surface area (Å²) in [6.07, 6.45) is -2.62. The Morgan fingerprint density at radius 3 is 2.48 bits per heavy atom. The van der Waals surface area contributed by atoms with Crippen molar-refractivity contribution >= 4 is 40.9 Å². The van der Waals surface area contributed by atoms with Gasteiger partial charge in [-0.15, -0.1) is 13.2 Å². The van der Waals surface area contributed by atoms with Crippen LogP contribution in [0.4, 0.5) is 24.5 Å². The first-order valence-corrected chi connectivity index (χ1v) is 7.93. The number of amides is 2. The zero-order valence-corrected chi connectivity index (χ0v) is 14.7. The van der Waals surface area contributed by atoms with E-state index in [1.54, 1.807) is 6.07 Å². The van der Waals surface area contributed by atoms with Crippen LogP contribution in [0.15, 0.2) is 48.5 Å². The van der Waals surface area contributed by atoms with Gasteiger partial charge in [-0.25, -0.2) is 0 Å². The maximum absolute atomic E-state index is 12.4. The summed E-state index contributed by atoms with van der Waals surface area (Å²) in [4.78, 5) is 23.1. The molecule has 142 valence electrons. The second-order valence-electron chi connectivity index (χ2n) is 5.28. The summed E-state index contributed by atoms with van der Waals surface area (Å²) in [5, 5.41) is 5.26. The molecule has 2 N–H and O–H groups in total. The fraction of sp³-hybridized carbons (Fsp3) is 0.111. The number of benzene rings is 2. The van der Waals surface area contributed by atoms with Crippen LogP contribution < -0.4 is 15.4 Å². The van der Waals surface area contributed by atoms with Crippen molar-refractivity contribution in [3.8, 4) is 5.75 Å². The Balaban J connectivity index is 2.14. The minimum absolute atomic E-state index is 0.0723. The standard InChI is InChI=1S/C18H14ClF3N2O3/c1-11(25)23-13-7-8-14(19)15(10-13)24-17(26)9-6-12-4-2-3-5-16(12)27-18(20,21)22/h2-10H,1H3,(H,23,25)(H,24,26). The van der Waals surface area contributed by atoms with Gasteiger partial charge in [0.2, 0.25) is 11.8 Å². The molecule has 5 nitrogen and oxygen atoms in total. The molecule has 0 heterocycles. The number of hydrogen-bond acceptors (Lipinski definition) is 3. The monoisotopic (exact) mass is 398 g/mol. The molecule has 0 aliphatic heterocycles. The van der Waals surface area contributed by atoms with E-state index in [2.05, 4.69) is 15.4 Å². The van der Waals surface area contributed by atoms with E-state index < -0.39 is 18.0 Å². The Bertz CT molecular complexity index is 882. The van der Waals surface area contributed by atoms with Gasteiger partial charge in [0.1, 0.15) is 5.75 Å². The second kappa shape index (κ2) is 8.59. The molecule has 0 aliphatic carbocycles. The van der Waals surface area contributed by atoms with Crippen molar-refractivity contribution in [2.75, 3.05) is 10.6 Å². The number of carbonyl (C=O) groups is 2. The molecule has 2 rings (SSSR count). The second-order valence-corrected chi connectivity index (χ2v) is 5.69. The molecule has 2 aromatic rings. The smallest absolute Gasteiger partial charge is 0.405 e. The number of hydrogen-bond donors (Lipinski definition) is 2. The van der Waals surface area contributed by atoms with Crippen LogP contribution in [0, 0.1) is 0 Å². The first-order valence-electron chi connectivity index (χ1n) is 7.55. The zero-order chi connectivity index (χ0) is 20.0. The van der Waals surface area contributed by atoms with Crippen LogP contribution in [0.2, 0.25) is 5.02 Å². The molecule has 27 heavy (non-hydrogen) atoms. The van der Waals surface area contributed by atoms with Gasteiger partial charge in [0.15, 0.2) is 0 Å². The predicted molar refractivity (Wildman–Crippen MR) is 96.5 cm³/mol. The molecule has 0 aliphatic rings. The summed E-state index contributed by atoms with van der Waals surface area (Å²) < 4.78 is 41.1. The van der Waals surface area contributed by atoms with Crippen molar-refractivity contribution in [3.05, 3.63) is 59.1 Å². The number of anilines is 2. The van der Waals surface area contributed by atoms with Crippen molar-refractivity contribution in [2.45, 2.75) is 13.3 Å². The highest BCUT2D eigenvalue weighted by Gasteiger charge is 2.31. The van der Waals surface area contributed by atoms with Crippen molar-refractivity contribution in [2.24, 2.45) is 0 Å². The molecular formula is C18H14ClF3N2O3. The summed E-state index contributed by atoms with van der Waals surface area (Å²) in [7, 11) is 0. The highest BCUT2D eigenvalue weighted by Crippen LogP contribution is 2.28. The maximum Gasteiger partial charge on any atom is 0.573 e. The number of nitrogens with one attached hydrogen (secondary N) is 2. The average Bonchev–Trinajstić information content (AvgIpc) is 2.55. The topological polar surface area (TPSA) is 67.4 Å². The van der Waals surface area contributed by atoms with Gasteiger partial charge in [-0.1, -0.05) is 29.8 Å². The summed E-state index contributed by atoms with van der Waals surface area (Å²) in [6.45, 7) is 1.33. The SMILES string of the molecule is CC(=O)Nc1ccc(Cl)c(NC(=O)C=Cc2ccccc2OC(F)(F)F)c1. The van der Waals surface area contributed by atoms with Gasteiger partial charge in [0, 0.05) is 24.3 Å². The molecule has 0 aromatic heterocycles. The van der Waals surface area contributed by atoms with E-state index in [9.17, 15) is 22.8 Å². The normalized spacial score (nSPS) is 11.3. The fourth-order valence-corrected chi connectivity index (χ4v) is 2.24. The molecule has 0 radical (unpaired) electrons. The van der Waals surface area contributed by atoms with Crippen LogP contribution in [0.25, 0.3) is 6.08 Å². The molecular weight excluding hydrogens is 385 g/mol. The number of alkyl halides is 3. The molecule has 2 amide bonds. The van der Waals surface area contributed by atoms with Crippen molar-refractivity contribution < 1.29 is 27.5 Å². The maximum atomic E-state index is 12.4. The van der Waals surface area contributed by atoms with Crippen molar-refractivity contribution in [1.82, 2.24) is 0 Å². The summed E-state index contributed by atoms with van der Waals surface area (Å²) in [5.74, 6) is -1.35. The molecule has 2 aromatic carbocycles. The lowest BCUT2D eigenvalue weighted by Gasteiger charge is -2.11. The Kier molecular flexibility index (Phi) is 6.46. The molecule has 0 atom stereocenters. The van der Waals surface area contributed by atoms with Gasteiger partial charge < -0.3 is 15.4 Å². The van der Waals surface area contributed by atoms with Gasteiger partial charge in [-0.2, -0.15) is 0 Å². The Labute approximate surface area is 157 Å². The Morgan fingerprint density at radius 1 is 1.11 bits per heavy atom. The highest BCUT2D eigenvalue weighted by atomic mass is 35.5. The van der Waals surface area contributed by atoms with Crippen LogP contribution in [0.3, 0.4) is 0 Å². The number of para-hydroxylation sites is 1. The van der Waals surface area contributed by atoms with Crippen molar-refractivity contribution in [3.63, 3.8) is 0 Å². The minimum atomic E-state index is -4.84. The van der Waals surface area contributed by atoms with E-state index in [1.165, 1.54) is 43.3 Å². The highest BCUT2D eigenvalue weighted by molar-refractivity contribution is 6.34. The van der Waals surface area contributed by atoms with Gasteiger partial charge >= 0.3 is 6.36 Å². The third-order valence-corrected chi connectivity index (χ3v) is 3.43. The predicted octanol–water partition coefficient (Wildman–Crippen LogP) is 4.85. The fourth-order valence-electron chi connectivity index (χ4n) is 2.08. The number of rotatable bonds is 5. The molecule has 9 heteroatoms.